The molecule has 3 heterocycles. The first-order valence-corrected chi connectivity index (χ1v) is 11.3. The summed E-state index contributed by atoms with van der Waals surface area (Å²) < 4.78 is 20.3. The van der Waals surface area contributed by atoms with Crippen LogP contribution in [0.5, 0.6) is 0 Å². The topological polar surface area (TPSA) is 80.3 Å². The van der Waals surface area contributed by atoms with E-state index in [1.807, 2.05) is 24.3 Å². The molecule has 0 saturated carbocycles. The number of carbonyl (C=O) groups excluding carboxylic acids is 1. The molecule has 0 N–H and O–H groups in total. The van der Waals surface area contributed by atoms with Crippen molar-refractivity contribution in [3.8, 4) is 0 Å². The minimum atomic E-state index is -0.315. The molecule has 1 atom stereocenters. The van der Waals surface area contributed by atoms with Gasteiger partial charge in [0, 0.05) is 31.2 Å². The summed E-state index contributed by atoms with van der Waals surface area (Å²) in [7, 11) is 0. The highest BCUT2D eigenvalue weighted by Crippen LogP contribution is 2.33. The monoisotopic (exact) mass is 480 g/mol. The number of rotatable bonds is 6. The smallest absolute Gasteiger partial charge is 0.289 e. The molecule has 1 fully saturated rings. The largest absolute Gasteiger partial charge is 0.459 e. The van der Waals surface area contributed by atoms with Crippen LogP contribution in [0.25, 0.3) is 0 Å². The van der Waals surface area contributed by atoms with Crippen molar-refractivity contribution in [2.75, 3.05) is 26.2 Å². The summed E-state index contributed by atoms with van der Waals surface area (Å²) >= 11 is 6.61. The van der Waals surface area contributed by atoms with E-state index < -0.39 is 0 Å². The van der Waals surface area contributed by atoms with Crippen molar-refractivity contribution in [1.29, 1.82) is 0 Å². The molecule has 1 aliphatic heterocycles. The maximum atomic E-state index is 13.4. The van der Waals surface area contributed by atoms with Gasteiger partial charge in [-0.2, -0.15) is 0 Å². The normalized spacial score (nSPS) is 15.4. The first-order chi connectivity index (χ1) is 16.6. The van der Waals surface area contributed by atoms with E-state index in [2.05, 4.69) is 20.4 Å². The van der Waals surface area contributed by atoms with Crippen LogP contribution in [0, 0.1) is 5.82 Å². The fourth-order valence-electron chi connectivity index (χ4n) is 4.22. The van der Waals surface area contributed by atoms with Crippen LogP contribution < -0.4 is 0 Å². The van der Waals surface area contributed by atoms with Gasteiger partial charge in [0.15, 0.2) is 11.6 Å². The Labute approximate surface area is 200 Å². The molecule has 2 aromatic carbocycles. The van der Waals surface area contributed by atoms with Gasteiger partial charge in [-0.05, 0) is 51.9 Å². The molecule has 5 rings (SSSR count). The van der Waals surface area contributed by atoms with E-state index >= 15 is 0 Å². The van der Waals surface area contributed by atoms with Gasteiger partial charge in [0.1, 0.15) is 5.82 Å². The lowest BCUT2D eigenvalue weighted by Crippen LogP contribution is -2.50. The zero-order chi connectivity index (χ0) is 23.5. The third-order valence-electron chi connectivity index (χ3n) is 5.95. The van der Waals surface area contributed by atoms with Crippen molar-refractivity contribution in [1.82, 2.24) is 30.0 Å². The predicted molar refractivity (Wildman–Crippen MR) is 123 cm³/mol. The molecular formula is C24H22ClFN6O2. The van der Waals surface area contributed by atoms with Gasteiger partial charge in [-0.15, -0.1) is 5.10 Å². The number of nitrogens with zero attached hydrogens (tertiary/aromatic N) is 6. The summed E-state index contributed by atoms with van der Waals surface area (Å²) in [6, 6.07) is 16.9. The third kappa shape index (κ3) is 4.57. The molecule has 34 heavy (non-hydrogen) atoms. The zero-order valence-corrected chi connectivity index (χ0v) is 19.0. The summed E-state index contributed by atoms with van der Waals surface area (Å²) in [5, 5.41) is 13.1. The number of amides is 1. The Morgan fingerprint density at radius 2 is 1.79 bits per heavy atom. The number of halogens is 2. The van der Waals surface area contributed by atoms with E-state index in [0.717, 1.165) is 11.1 Å². The number of hydrogen-bond acceptors (Lipinski definition) is 6. The quantitative estimate of drug-likeness (QED) is 0.419. The van der Waals surface area contributed by atoms with Crippen molar-refractivity contribution < 1.29 is 13.6 Å². The molecule has 10 heteroatoms. The van der Waals surface area contributed by atoms with E-state index in [1.165, 1.54) is 18.4 Å². The molecule has 1 saturated heterocycles. The van der Waals surface area contributed by atoms with Crippen LogP contribution in [0.3, 0.4) is 0 Å². The number of carbonyl (C=O) groups is 1. The van der Waals surface area contributed by atoms with Gasteiger partial charge >= 0.3 is 0 Å². The van der Waals surface area contributed by atoms with Gasteiger partial charge in [0.2, 0.25) is 0 Å². The zero-order valence-electron chi connectivity index (χ0n) is 18.2. The predicted octanol–water partition coefficient (Wildman–Crippen LogP) is 3.65. The standard InChI is InChI=1S/C24H22ClFN6O2/c25-20-5-2-1-4-19(20)22(23-27-28-29-32(23)16-17-7-9-18(26)10-8-17)30-11-13-31(14-12-30)24(33)21-6-3-15-34-21/h1-10,15,22H,11-14,16H2/t22-/m1/s1. The number of piperazine rings is 1. The maximum Gasteiger partial charge on any atom is 0.289 e. The average molecular weight is 481 g/mol. The fraction of sp³-hybridized carbons (Fsp3) is 0.250. The van der Waals surface area contributed by atoms with Crippen LogP contribution >= 0.6 is 11.6 Å². The van der Waals surface area contributed by atoms with Gasteiger partial charge in [0.25, 0.3) is 5.91 Å². The molecular weight excluding hydrogens is 459 g/mol. The van der Waals surface area contributed by atoms with E-state index in [1.54, 1.807) is 33.8 Å². The molecule has 1 amide bonds. The highest BCUT2D eigenvalue weighted by Gasteiger charge is 2.33. The van der Waals surface area contributed by atoms with Gasteiger partial charge in [-0.3, -0.25) is 9.69 Å². The molecule has 174 valence electrons. The van der Waals surface area contributed by atoms with Crippen molar-refractivity contribution in [2.45, 2.75) is 12.6 Å². The molecule has 8 nitrogen and oxygen atoms in total. The second-order valence-electron chi connectivity index (χ2n) is 8.05. The Morgan fingerprint density at radius 3 is 2.50 bits per heavy atom. The highest BCUT2D eigenvalue weighted by molar-refractivity contribution is 6.31. The molecule has 2 aromatic heterocycles. The maximum absolute atomic E-state index is 13.4. The summed E-state index contributed by atoms with van der Waals surface area (Å²) in [5.74, 6) is 0.541. The first-order valence-electron chi connectivity index (χ1n) is 10.9. The molecule has 0 aliphatic carbocycles. The van der Waals surface area contributed by atoms with Crippen molar-refractivity contribution in [2.24, 2.45) is 0 Å². The molecule has 0 unspecified atom stereocenters. The van der Waals surface area contributed by atoms with E-state index in [4.69, 9.17) is 16.0 Å². The van der Waals surface area contributed by atoms with Gasteiger partial charge in [-0.1, -0.05) is 41.9 Å². The SMILES string of the molecule is O=C(c1ccco1)N1CCN([C@H](c2ccccc2Cl)c2nnnn2Cc2ccc(F)cc2)CC1. The molecule has 0 radical (unpaired) electrons. The van der Waals surface area contributed by atoms with Crippen LogP contribution in [0.15, 0.2) is 71.3 Å². The molecule has 0 bridgehead atoms. The number of benzene rings is 2. The molecule has 1 aliphatic rings. The lowest BCUT2D eigenvalue weighted by Gasteiger charge is -2.38. The number of tetrazole rings is 1. The Bertz CT molecular complexity index is 1250. The second-order valence-corrected chi connectivity index (χ2v) is 8.46. The molecule has 0 spiro atoms. The lowest BCUT2D eigenvalue weighted by molar-refractivity contribution is 0.0559. The van der Waals surface area contributed by atoms with Crippen LogP contribution in [0.4, 0.5) is 4.39 Å². The third-order valence-corrected chi connectivity index (χ3v) is 6.29. The van der Waals surface area contributed by atoms with Crippen LogP contribution in [-0.2, 0) is 6.54 Å². The number of aromatic nitrogens is 4. The van der Waals surface area contributed by atoms with Crippen molar-refractivity contribution in [3.05, 3.63) is 100 Å². The average Bonchev–Trinajstić information content (AvgIpc) is 3.55. The van der Waals surface area contributed by atoms with E-state index in [9.17, 15) is 9.18 Å². The van der Waals surface area contributed by atoms with Gasteiger partial charge in [-0.25, -0.2) is 9.07 Å². The van der Waals surface area contributed by atoms with Crippen molar-refractivity contribution in [3.63, 3.8) is 0 Å². The minimum absolute atomic E-state index is 0.125. The fourth-order valence-corrected chi connectivity index (χ4v) is 4.46. The van der Waals surface area contributed by atoms with E-state index in [0.29, 0.717) is 49.3 Å². The minimum Gasteiger partial charge on any atom is -0.459 e. The van der Waals surface area contributed by atoms with Gasteiger partial charge < -0.3 is 9.32 Å². The van der Waals surface area contributed by atoms with Gasteiger partial charge in [0.05, 0.1) is 18.8 Å². The summed E-state index contributed by atoms with van der Waals surface area (Å²) in [5.41, 5.74) is 1.76. The Morgan fingerprint density at radius 1 is 1.03 bits per heavy atom. The molecule has 4 aromatic rings. The summed E-state index contributed by atoms with van der Waals surface area (Å²) in [4.78, 5) is 16.7. The lowest BCUT2D eigenvalue weighted by atomic mass is 10.0. The van der Waals surface area contributed by atoms with Crippen LogP contribution in [0.1, 0.15) is 33.5 Å². The summed E-state index contributed by atoms with van der Waals surface area (Å²) in [6.07, 6.45) is 1.50. The first kappa shape index (κ1) is 22.2. The van der Waals surface area contributed by atoms with Crippen LogP contribution in [0.2, 0.25) is 5.02 Å². The van der Waals surface area contributed by atoms with Crippen LogP contribution in [-0.4, -0.2) is 62.1 Å². The Hall–Kier alpha value is -3.56. The number of furan rings is 1. The highest BCUT2D eigenvalue weighted by atomic mass is 35.5. The Kier molecular flexibility index (Phi) is 6.37. The summed E-state index contributed by atoms with van der Waals surface area (Å²) in [6.45, 7) is 2.65. The number of hydrogen-bond donors (Lipinski definition) is 0. The van der Waals surface area contributed by atoms with E-state index in [-0.39, 0.29) is 17.8 Å². The second kappa shape index (κ2) is 9.74. The Balaban J connectivity index is 1.42. The van der Waals surface area contributed by atoms with Crippen molar-refractivity contribution >= 4 is 17.5 Å².